The predicted molar refractivity (Wildman–Crippen MR) is 64.3 cm³/mol. The summed E-state index contributed by atoms with van der Waals surface area (Å²) in [6, 6.07) is 9.29. The summed E-state index contributed by atoms with van der Waals surface area (Å²) in [6.45, 7) is 4.74. The van der Waals surface area contributed by atoms with Crippen LogP contribution in [0.4, 0.5) is 5.69 Å². The van der Waals surface area contributed by atoms with E-state index in [1.807, 2.05) is 30.3 Å². The Morgan fingerprint density at radius 1 is 1.12 bits per heavy atom. The average molecular weight is 219 g/mol. The van der Waals surface area contributed by atoms with Gasteiger partial charge < -0.3 is 4.90 Å². The predicted octanol–water partition coefficient (Wildman–Crippen LogP) is 2.26. The summed E-state index contributed by atoms with van der Waals surface area (Å²) in [5, 5.41) is 0. The summed E-state index contributed by atoms with van der Waals surface area (Å²) >= 11 is 0. The Kier molecular flexibility index (Phi) is 3.48. The van der Waals surface area contributed by atoms with Crippen LogP contribution in [0.1, 0.15) is 20.8 Å². The first-order valence-electron chi connectivity index (χ1n) is 5.21. The SMILES string of the molecule is CC(=O)C(C)(C)C(=O)N(C)c1ccccc1. The second-order valence-electron chi connectivity index (χ2n) is 4.38. The third kappa shape index (κ3) is 2.30. The first kappa shape index (κ1) is 12.4. The second kappa shape index (κ2) is 4.47. The lowest BCUT2D eigenvalue weighted by atomic mass is 9.87. The van der Waals surface area contributed by atoms with Crippen molar-refractivity contribution in [3.05, 3.63) is 30.3 Å². The Balaban J connectivity index is 2.96. The third-order valence-electron chi connectivity index (χ3n) is 2.86. The van der Waals surface area contributed by atoms with Crippen molar-refractivity contribution in [3.63, 3.8) is 0 Å². The van der Waals surface area contributed by atoms with Crippen LogP contribution >= 0.6 is 0 Å². The number of ketones is 1. The molecule has 0 spiro atoms. The van der Waals surface area contributed by atoms with Crippen LogP contribution in [0.5, 0.6) is 0 Å². The van der Waals surface area contributed by atoms with Crippen LogP contribution in [0.15, 0.2) is 30.3 Å². The Bertz CT molecular complexity index is 396. The van der Waals surface area contributed by atoms with Crippen LogP contribution in [0.25, 0.3) is 0 Å². The van der Waals surface area contributed by atoms with Gasteiger partial charge in [-0.25, -0.2) is 0 Å². The number of carbonyl (C=O) groups is 2. The molecule has 3 heteroatoms. The van der Waals surface area contributed by atoms with Crippen molar-refractivity contribution in [3.8, 4) is 0 Å². The number of hydrogen-bond donors (Lipinski definition) is 0. The van der Waals surface area contributed by atoms with E-state index >= 15 is 0 Å². The zero-order valence-electron chi connectivity index (χ0n) is 10.2. The van der Waals surface area contributed by atoms with Gasteiger partial charge in [-0.05, 0) is 32.9 Å². The molecule has 1 amide bonds. The molecule has 0 fully saturated rings. The molecule has 0 aliphatic carbocycles. The van der Waals surface area contributed by atoms with E-state index in [0.717, 1.165) is 5.69 Å². The minimum atomic E-state index is -0.968. The number of anilines is 1. The van der Waals surface area contributed by atoms with Crippen molar-refractivity contribution in [1.82, 2.24) is 0 Å². The van der Waals surface area contributed by atoms with Crippen molar-refractivity contribution in [2.24, 2.45) is 5.41 Å². The fraction of sp³-hybridized carbons (Fsp3) is 0.385. The van der Waals surface area contributed by atoms with Crippen molar-refractivity contribution in [1.29, 1.82) is 0 Å². The molecule has 86 valence electrons. The molecular formula is C13H17NO2. The molecule has 1 rings (SSSR count). The van der Waals surface area contributed by atoms with Gasteiger partial charge in [0, 0.05) is 12.7 Å². The van der Waals surface area contributed by atoms with Crippen LogP contribution in [0.3, 0.4) is 0 Å². The number of benzene rings is 1. The van der Waals surface area contributed by atoms with E-state index in [2.05, 4.69) is 0 Å². The van der Waals surface area contributed by atoms with Gasteiger partial charge in [0.2, 0.25) is 5.91 Å². The van der Waals surface area contributed by atoms with Crippen molar-refractivity contribution in [2.45, 2.75) is 20.8 Å². The van der Waals surface area contributed by atoms with Gasteiger partial charge in [-0.1, -0.05) is 18.2 Å². The lowest BCUT2D eigenvalue weighted by Gasteiger charge is -2.27. The molecule has 0 unspecified atom stereocenters. The zero-order valence-corrected chi connectivity index (χ0v) is 10.2. The summed E-state index contributed by atoms with van der Waals surface area (Å²) < 4.78 is 0. The van der Waals surface area contributed by atoms with Crippen molar-refractivity contribution < 1.29 is 9.59 Å². The van der Waals surface area contributed by atoms with E-state index < -0.39 is 5.41 Å². The van der Waals surface area contributed by atoms with E-state index in [9.17, 15) is 9.59 Å². The average Bonchev–Trinajstić information content (AvgIpc) is 2.28. The molecule has 0 atom stereocenters. The minimum absolute atomic E-state index is 0.125. The quantitative estimate of drug-likeness (QED) is 0.731. The molecule has 1 aromatic carbocycles. The van der Waals surface area contributed by atoms with E-state index in [1.165, 1.54) is 11.8 Å². The fourth-order valence-electron chi connectivity index (χ4n) is 1.34. The number of para-hydroxylation sites is 1. The minimum Gasteiger partial charge on any atom is -0.315 e. The number of Topliss-reactive ketones (excluding diaryl/α,β-unsaturated/α-hetero) is 1. The van der Waals surface area contributed by atoms with Gasteiger partial charge in [-0.3, -0.25) is 9.59 Å². The van der Waals surface area contributed by atoms with Gasteiger partial charge in [0.05, 0.1) is 0 Å². The van der Waals surface area contributed by atoms with E-state index in [0.29, 0.717) is 0 Å². The first-order valence-corrected chi connectivity index (χ1v) is 5.21. The lowest BCUT2D eigenvalue weighted by molar-refractivity contribution is -0.136. The number of carbonyl (C=O) groups excluding carboxylic acids is 2. The van der Waals surface area contributed by atoms with Crippen LogP contribution in [0, 0.1) is 5.41 Å². The highest BCUT2D eigenvalue weighted by atomic mass is 16.2. The zero-order chi connectivity index (χ0) is 12.3. The van der Waals surface area contributed by atoms with Gasteiger partial charge in [0.1, 0.15) is 11.2 Å². The molecule has 0 saturated heterocycles. The maximum atomic E-state index is 12.1. The maximum Gasteiger partial charge on any atom is 0.239 e. The molecular weight excluding hydrogens is 202 g/mol. The Hall–Kier alpha value is -1.64. The standard InChI is InChI=1S/C13H17NO2/c1-10(15)13(2,3)12(16)14(4)11-8-6-5-7-9-11/h5-9H,1-4H3. The second-order valence-corrected chi connectivity index (χ2v) is 4.38. The largest absolute Gasteiger partial charge is 0.315 e. The van der Waals surface area contributed by atoms with Crippen LogP contribution in [0.2, 0.25) is 0 Å². The molecule has 0 aliphatic rings. The highest BCUT2D eigenvalue weighted by molar-refractivity contribution is 6.10. The number of nitrogens with zero attached hydrogens (tertiary/aromatic N) is 1. The molecule has 16 heavy (non-hydrogen) atoms. The summed E-state index contributed by atoms with van der Waals surface area (Å²) in [7, 11) is 1.68. The topological polar surface area (TPSA) is 37.4 Å². The van der Waals surface area contributed by atoms with Crippen LogP contribution in [-0.4, -0.2) is 18.7 Å². The Labute approximate surface area is 96.1 Å². The highest BCUT2D eigenvalue weighted by Crippen LogP contribution is 2.23. The summed E-state index contributed by atoms with van der Waals surface area (Å²) in [6.07, 6.45) is 0. The highest BCUT2D eigenvalue weighted by Gasteiger charge is 2.35. The Morgan fingerprint density at radius 3 is 2.06 bits per heavy atom. The van der Waals surface area contributed by atoms with Gasteiger partial charge in [0.25, 0.3) is 0 Å². The van der Waals surface area contributed by atoms with Crippen molar-refractivity contribution in [2.75, 3.05) is 11.9 Å². The van der Waals surface area contributed by atoms with E-state index in [4.69, 9.17) is 0 Å². The summed E-state index contributed by atoms with van der Waals surface area (Å²) in [5.74, 6) is -0.313. The number of rotatable bonds is 3. The molecule has 0 saturated carbocycles. The monoisotopic (exact) mass is 219 g/mol. The number of hydrogen-bond acceptors (Lipinski definition) is 2. The number of amides is 1. The first-order chi connectivity index (χ1) is 7.37. The van der Waals surface area contributed by atoms with Gasteiger partial charge in [-0.15, -0.1) is 0 Å². The molecule has 0 aliphatic heterocycles. The maximum absolute atomic E-state index is 12.1. The summed E-state index contributed by atoms with van der Waals surface area (Å²) in [5.41, 5.74) is -0.174. The molecule has 3 nitrogen and oxygen atoms in total. The van der Waals surface area contributed by atoms with Crippen molar-refractivity contribution >= 4 is 17.4 Å². The van der Waals surface area contributed by atoms with Crippen LogP contribution < -0.4 is 4.90 Å². The van der Waals surface area contributed by atoms with Gasteiger partial charge in [0.15, 0.2) is 0 Å². The van der Waals surface area contributed by atoms with Gasteiger partial charge >= 0.3 is 0 Å². The van der Waals surface area contributed by atoms with Crippen LogP contribution in [-0.2, 0) is 9.59 Å². The molecule has 0 bridgehead atoms. The molecule has 0 N–H and O–H groups in total. The molecule has 0 aromatic heterocycles. The van der Waals surface area contributed by atoms with E-state index in [-0.39, 0.29) is 11.7 Å². The smallest absolute Gasteiger partial charge is 0.239 e. The lowest BCUT2D eigenvalue weighted by Crippen LogP contribution is -2.42. The third-order valence-corrected chi connectivity index (χ3v) is 2.86. The molecule has 0 heterocycles. The molecule has 1 aromatic rings. The Morgan fingerprint density at radius 2 is 1.62 bits per heavy atom. The molecule has 0 radical (unpaired) electrons. The summed E-state index contributed by atoms with van der Waals surface area (Å²) in [4.78, 5) is 25.0. The van der Waals surface area contributed by atoms with Gasteiger partial charge in [-0.2, -0.15) is 0 Å². The normalized spacial score (nSPS) is 11.0. The van der Waals surface area contributed by atoms with E-state index in [1.54, 1.807) is 20.9 Å². The fourth-order valence-corrected chi connectivity index (χ4v) is 1.34.